The predicted molar refractivity (Wildman–Crippen MR) is 77.0 cm³/mol. The predicted octanol–water partition coefficient (Wildman–Crippen LogP) is -0.0363. The van der Waals surface area contributed by atoms with E-state index in [9.17, 15) is 4.79 Å². The van der Waals surface area contributed by atoms with Crippen LogP contribution in [-0.4, -0.2) is 79.5 Å². The van der Waals surface area contributed by atoms with Crippen LogP contribution < -0.4 is 5.73 Å². The number of hydrogen-bond donors (Lipinski definition) is 1. The summed E-state index contributed by atoms with van der Waals surface area (Å²) < 4.78 is 0. The average molecular weight is 268 g/mol. The van der Waals surface area contributed by atoms with Gasteiger partial charge in [0.25, 0.3) is 0 Å². The summed E-state index contributed by atoms with van der Waals surface area (Å²) in [5, 5.41) is 0. The van der Waals surface area contributed by atoms with Gasteiger partial charge in [0.05, 0.1) is 5.54 Å². The lowest BCUT2D eigenvalue weighted by Gasteiger charge is -2.38. The minimum Gasteiger partial charge on any atom is -0.339 e. The molecule has 19 heavy (non-hydrogen) atoms. The molecule has 2 fully saturated rings. The van der Waals surface area contributed by atoms with Crippen molar-refractivity contribution in [1.82, 2.24) is 14.7 Å². The van der Waals surface area contributed by atoms with Crippen LogP contribution in [0.25, 0.3) is 0 Å². The lowest BCUT2D eigenvalue weighted by molar-refractivity contribution is -0.138. The van der Waals surface area contributed by atoms with E-state index in [4.69, 9.17) is 5.73 Å². The standard InChI is InChI=1S/C14H28N4O/c1-16(2)7-8-17-9-11-18(12-10-17)13(19)14(15)5-3-4-6-14/h3-12,15H2,1-2H3. The molecular weight excluding hydrogens is 240 g/mol. The fourth-order valence-corrected chi connectivity index (χ4v) is 3.05. The van der Waals surface area contributed by atoms with Crippen LogP contribution in [0.4, 0.5) is 0 Å². The molecule has 1 aliphatic heterocycles. The highest BCUT2D eigenvalue weighted by Crippen LogP contribution is 2.29. The molecule has 0 unspecified atom stereocenters. The van der Waals surface area contributed by atoms with E-state index < -0.39 is 5.54 Å². The molecule has 0 radical (unpaired) electrons. The Bertz CT molecular complexity index is 305. The van der Waals surface area contributed by atoms with Crippen LogP contribution in [0.5, 0.6) is 0 Å². The molecule has 0 spiro atoms. The molecule has 2 aliphatic rings. The smallest absolute Gasteiger partial charge is 0.242 e. The van der Waals surface area contributed by atoms with Gasteiger partial charge in [-0.25, -0.2) is 0 Å². The Morgan fingerprint density at radius 3 is 2.26 bits per heavy atom. The van der Waals surface area contributed by atoms with Gasteiger partial charge in [0.2, 0.25) is 5.91 Å². The average Bonchev–Trinajstić information content (AvgIpc) is 2.84. The zero-order valence-electron chi connectivity index (χ0n) is 12.4. The van der Waals surface area contributed by atoms with Crippen LogP contribution in [0.1, 0.15) is 25.7 Å². The highest BCUT2D eigenvalue weighted by Gasteiger charge is 2.40. The van der Waals surface area contributed by atoms with Gasteiger partial charge in [-0.2, -0.15) is 0 Å². The molecule has 0 aromatic heterocycles. The Hall–Kier alpha value is -0.650. The Morgan fingerprint density at radius 1 is 1.16 bits per heavy atom. The fraction of sp³-hybridized carbons (Fsp3) is 0.929. The van der Waals surface area contributed by atoms with Crippen LogP contribution in [0.2, 0.25) is 0 Å². The van der Waals surface area contributed by atoms with Crippen molar-refractivity contribution in [3.8, 4) is 0 Å². The lowest BCUT2D eigenvalue weighted by Crippen LogP contribution is -2.58. The Kier molecular flexibility index (Phi) is 4.81. The zero-order valence-corrected chi connectivity index (χ0v) is 12.4. The third-order valence-corrected chi connectivity index (χ3v) is 4.44. The second-order valence-corrected chi connectivity index (χ2v) is 6.30. The molecule has 1 saturated heterocycles. The maximum absolute atomic E-state index is 12.5. The summed E-state index contributed by atoms with van der Waals surface area (Å²) in [5.74, 6) is 0.192. The van der Waals surface area contributed by atoms with Crippen molar-refractivity contribution in [2.45, 2.75) is 31.2 Å². The van der Waals surface area contributed by atoms with E-state index in [2.05, 4.69) is 23.9 Å². The summed E-state index contributed by atoms with van der Waals surface area (Å²) in [6.07, 6.45) is 3.94. The third kappa shape index (κ3) is 3.68. The quantitative estimate of drug-likeness (QED) is 0.777. The number of piperazine rings is 1. The van der Waals surface area contributed by atoms with Crippen LogP contribution in [0, 0.1) is 0 Å². The molecule has 1 heterocycles. The van der Waals surface area contributed by atoms with Gasteiger partial charge in [0.1, 0.15) is 0 Å². The van der Waals surface area contributed by atoms with Crippen molar-refractivity contribution in [2.24, 2.45) is 5.73 Å². The number of carbonyl (C=O) groups excluding carboxylic acids is 1. The van der Waals surface area contributed by atoms with Gasteiger partial charge in [-0.05, 0) is 26.9 Å². The van der Waals surface area contributed by atoms with Gasteiger partial charge < -0.3 is 15.5 Å². The molecule has 0 atom stereocenters. The molecule has 5 heteroatoms. The van der Waals surface area contributed by atoms with Gasteiger partial charge in [-0.15, -0.1) is 0 Å². The first-order valence-electron chi connectivity index (χ1n) is 7.47. The largest absolute Gasteiger partial charge is 0.339 e. The van der Waals surface area contributed by atoms with E-state index >= 15 is 0 Å². The number of hydrogen-bond acceptors (Lipinski definition) is 4. The van der Waals surface area contributed by atoms with Gasteiger partial charge in [-0.3, -0.25) is 9.69 Å². The monoisotopic (exact) mass is 268 g/mol. The Labute approximate surface area is 116 Å². The summed E-state index contributed by atoms with van der Waals surface area (Å²) >= 11 is 0. The molecule has 110 valence electrons. The van der Waals surface area contributed by atoms with Crippen LogP contribution in [0.15, 0.2) is 0 Å². The Balaban J connectivity index is 1.78. The molecule has 1 amide bonds. The molecular formula is C14H28N4O. The summed E-state index contributed by atoms with van der Waals surface area (Å²) in [4.78, 5) is 19.1. The van der Waals surface area contributed by atoms with Gasteiger partial charge in [0.15, 0.2) is 0 Å². The molecule has 2 N–H and O–H groups in total. The first-order valence-corrected chi connectivity index (χ1v) is 7.47. The van der Waals surface area contributed by atoms with Crippen LogP contribution >= 0.6 is 0 Å². The number of rotatable bonds is 4. The van der Waals surface area contributed by atoms with E-state index in [1.165, 1.54) is 0 Å². The van der Waals surface area contributed by atoms with Gasteiger partial charge >= 0.3 is 0 Å². The van der Waals surface area contributed by atoms with E-state index in [-0.39, 0.29) is 5.91 Å². The number of amides is 1. The minimum atomic E-state index is -0.550. The SMILES string of the molecule is CN(C)CCN1CCN(C(=O)C2(N)CCCC2)CC1. The number of carbonyl (C=O) groups is 1. The summed E-state index contributed by atoms with van der Waals surface area (Å²) in [6, 6.07) is 0. The third-order valence-electron chi connectivity index (χ3n) is 4.44. The molecule has 5 nitrogen and oxygen atoms in total. The van der Waals surface area contributed by atoms with E-state index in [1.54, 1.807) is 0 Å². The first-order chi connectivity index (χ1) is 9.01. The zero-order chi connectivity index (χ0) is 13.9. The van der Waals surface area contributed by atoms with Gasteiger partial charge in [-0.1, -0.05) is 12.8 Å². The van der Waals surface area contributed by atoms with Crippen molar-refractivity contribution in [2.75, 3.05) is 53.4 Å². The maximum atomic E-state index is 12.5. The fourth-order valence-electron chi connectivity index (χ4n) is 3.05. The molecule has 1 aliphatic carbocycles. The molecule has 0 aromatic rings. The number of nitrogens with zero attached hydrogens (tertiary/aromatic N) is 3. The van der Waals surface area contributed by atoms with Crippen molar-refractivity contribution in [3.05, 3.63) is 0 Å². The molecule has 0 aromatic carbocycles. The van der Waals surface area contributed by atoms with Crippen LogP contribution in [0.3, 0.4) is 0 Å². The van der Waals surface area contributed by atoms with Crippen molar-refractivity contribution in [1.29, 1.82) is 0 Å². The second kappa shape index (κ2) is 6.20. The highest BCUT2D eigenvalue weighted by atomic mass is 16.2. The first kappa shape index (κ1) is 14.8. The van der Waals surface area contributed by atoms with Crippen molar-refractivity contribution < 1.29 is 4.79 Å². The van der Waals surface area contributed by atoms with Crippen molar-refractivity contribution >= 4 is 5.91 Å². The van der Waals surface area contributed by atoms with Crippen LogP contribution in [-0.2, 0) is 4.79 Å². The minimum absolute atomic E-state index is 0.192. The lowest BCUT2D eigenvalue weighted by atomic mass is 9.97. The normalized spacial score (nSPS) is 24.1. The summed E-state index contributed by atoms with van der Waals surface area (Å²) in [6.45, 7) is 5.80. The van der Waals surface area contributed by atoms with E-state index in [0.717, 1.165) is 65.0 Å². The highest BCUT2D eigenvalue weighted by molar-refractivity contribution is 5.86. The molecule has 2 rings (SSSR count). The van der Waals surface area contributed by atoms with E-state index in [1.807, 2.05) is 4.90 Å². The second-order valence-electron chi connectivity index (χ2n) is 6.30. The molecule has 0 bridgehead atoms. The molecule has 1 saturated carbocycles. The van der Waals surface area contributed by atoms with Gasteiger partial charge in [0, 0.05) is 39.3 Å². The number of nitrogens with two attached hydrogens (primary N) is 1. The summed E-state index contributed by atoms with van der Waals surface area (Å²) in [5.41, 5.74) is 5.71. The maximum Gasteiger partial charge on any atom is 0.242 e. The number of likely N-dealkylation sites (N-methyl/N-ethyl adjacent to an activating group) is 1. The topological polar surface area (TPSA) is 52.8 Å². The van der Waals surface area contributed by atoms with Crippen molar-refractivity contribution in [3.63, 3.8) is 0 Å². The Morgan fingerprint density at radius 2 is 1.74 bits per heavy atom. The van der Waals surface area contributed by atoms with E-state index in [0.29, 0.717) is 0 Å². The summed E-state index contributed by atoms with van der Waals surface area (Å²) in [7, 11) is 4.19.